The van der Waals surface area contributed by atoms with Crippen LogP contribution >= 0.6 is 15.9 Å². The van der Waals surface area contributed by atoms with Crippen molar-refractivity contribution in [1.82, 2.24) is 4.90 Å². The molecule has 0 unspecified atom stereocenters. The molecule has 1 saturated heterocycles. The summed E-state index contributed by atoms with van der Waals surface area (Å²) in [4.78, 5) is 14.2. The molecule has 0 radical (unpaired) electrons. The second kappa shape index (κ2) is 8.54. The maximum atomic E-state index is 12.2. The van der Waals surface area contributed by atoms with Crippen LogP contribution in [-0.2, 0) is 16.0 Å². The molecule has 2 rings (SSSR count). The summed E-state index contributed by atoms with van der Waals surface area (Å²) in [6.45, 7) is 4.50. The van der Waals surface area contributed by atoms with Gasteiger partial charge in [-0.3, -0.25) is 4.79 Å². The van der Waals surface area contributed by atoms with E-state index >= 15 is 0 Å². The van der Waals surface area contributed by atoms with Crippen LogP contribution in [0.15, 0.2) is 24.3 Å². The Bertz CT molecular complexity index is 439. The van der Waals surface area contributed by atoms with Gasteiger partial charge in [0.2, 0.25) is 5.91 Å². The average Bonchev–Trinajstić information content (AvgIpc) is 2.52. The topological polar surface area (TPSA) is 29.5 Å². The lowest BCUT2D eigenvalue weighted by Crippen LogP contribution is -2.41. The molecule has 1 fully saturated rings. The first-order valence-corrected chi connectivity index (χ1v) is 8.82. The van der Waals surface area contributed by atoms with E-state index in [4.69, 9.17) is 4.74 Å². The third-order valence-corrected chi connectivity index (χ3v) is 4.30. The molecule has 1 aliphatic rings. The predicted molar refractivity (Wildman–Crippen MR) is 88.8 cm³/mol. The molecule has 0 N–H and O–H groups in total. The number of aryl methyl sites for hydroxylation is 2. The van der Waals surface area contributed by atoms with Crippen molar-refractivity contribution in [1.29, 1.82) is 0 Å². The lowest BCUT2D eigenvalue weighted by Gasteiger charge is -2.32. The highest BCUT2D eigenvalue weighted by molar-refractivity contribution is 9.09. The molecule has 0 atom stereocenters. The number of likely N-dealkylation sites (tertiary alicyclic amines) is 1. The van der Waals surface area contributed by atoms with E-state index in [-0.39, 0.29) is 5.91 Å². The van der Waals surface area contributed by atoms with E-state index in [9.17, 15) is 4.79 Å². The first-order valence-electron chi connectivity index (χ1n) is 7.70. The third-order valence-electron chi connectivity index (χ3n) is 3.97. The Morgan fingerprint density at radius 3 is 2.57 bits per heavy atom. The molecule has 3 nitrogen and oxygen atoms in total. The highest BCUT2D eigenvalue weighted by atomic mass is 79.9. The largest absolute Gasteiger partial charge is 0.377 e. The zero-order chi connectivity index (χ0) is 15.1. The van der Waals surface area contributed by atoms with Gasteiger partial charge in [-0.05, 0) is 31.7 Å². The average molecular weight is 354 g/mol. The Morgan fingerprint density at radius 1 is 1.29 bits per heavy atom. The monoisotopic (exact) mass is 353 g/mol. The van der Waals surface area contributed by atoms with Crippen LogP contribution in [0.25, 0.3) is 0 Å². The number of alkyl halides is 1. The molecular formula is C17H24BrNO2. The zero-order valence-corrected chi connectivity index (χ0v) is 14.3. The number of benzene rings is 1. The number of carbonyl (C=O) groups excluding carboxylic acids is 1. The Balaban J connectivity index is 1.71. The molecule has 0 aliphatic carbocycles. The van der Waals surface area contributed by atoms with E-state index in [1.54, 1.807) is 0 Å². The molecule has 1 amide bonds. The number of ether oxygens (including phenoxy) is 1. The van der Waals surface area contributed by atoms with Gasteiger partial charge in [-0.1, -0.05) is 45.8 Å². The van der Waals surface area contributed by atoms with Crippen molar-refractivity contribution in [3.63, 3.8) is 0 Å². The molecule has 0 spiro atoms. The number of carbonyl (C=O) groups is 1. The minimum absolute atomic E-state index is 0.273. The number of rotatable bonds is 6. The van der Waals surface area contributed by atoms with Crippen molar-refractivity contribution in [2.75, 3.05) is 25.0 Å². The van der Waals surface area contributed by atoms with Gasteiger partial charge in [-0.25, -0.2) is 0 Å². The van der Waals surface area contributed by atoms with E-state index in [0.717, 1.165) is 44.3 Å². The highest BCUT2D eigenvalue weighted by Crippen LogP contribution is 2.15. The smallest absolute Gasteiger partial charge is 0.222 e. The van der Waals surface area contributed by atoms with E-state index in [1.165, 1.54) is 11.1 Å². The first kappa shape index (κ1) is 16.5. The fourth-order valence-corrected chi connectivity index (χ4v) is 2.83. The summed E-state index contributed by atoms with van der Waals surface area (Å²) < 4.78 is 5.72. The second-order valence-corrected chi connectivity index (χ2v) is 6.42. The van der Waals surface area contributed by atoms with E-state index < -0.39 is 0 Å². The fourth-order valence-electron chi connectivity index (χ4n) is 2.65. The quantitative estimate of drug-likeness (QED) is 0.734. The SMILES string of the molecule is Cc1ccc(CCC(=O)N2CCC(OCCBr)CC2)cc1. The van der Waals surface area contributed by atoms with Crippen LogP contribution in [-0.4, -0.2) is 41.9 Å². The molecule has 1 heterocycles. The van der Waals surface area contributed by atoms with Crippen molar-refractivity contribution in [2.24, 2.45) is 0 Å². The van der Waals surface area contributed by atoms with Gasteiger partial charge < -0.3 is 9.64 Å². The number of hydrogen-bond acceptors (Lipinski definition) is 2. The molecule has 0 saturated carbocycles. The van der Waals surface area contributed by atoms with Crippen molar-refractivity contribution in [3.8, 4) is 0 Å². The number of hydrogen-bond donors (Lipinski definition) is 0. The Morgan fingerprint density at radius 2 is 1.95 bits per heavy atom. The minimum Gasteiger partial charge on any atom is -0.377 e. The molecule has 1 aliphatic heterocycles. The van der Waals surface area contributed by atoms with Crippen molar-refractivity contribution >= 4 is 21.8 Å². The van der Waals surface area contributed by atoms with Crippen molar-refractivity contribution < 1.29 is 9.53 Å². The van der Waals surface area contributed by atoms with Gasteiger partial charge in [0.1, 0.15) is 0 Å². The Labute approximate surface area is 135 Å². The summed E-state index contributed by atoms with van der Waals surface area (Å²) in [5.41, 5.74) is 2.50. The van der Waals surface area contributed by atoms with Crippen LogP contribution in [0.1, 0.15) is 30.4 Å². The Kier molecular flexibility index (Phi) is 6.71. The predicted octanol–water partition coefficient (Wildman–Crippen LogP) is 3.33. The second-order valence-electron chi connectivity index (χ2n) is 5.63. The van der Waals surface area contributed by atoms with Crippen LogP contribution in [0.2, 0.25) is 0 Å². The van der Waals surface area contributed by atoms with Gasteiger partial charge in [0.15, 0.2) is 0 Å². The minimum atomic E-state index is 0.273. The maximum Gasteiger partial charge on any atom is 0.222 e. The molecule has 4 heteroatoms. The van der Waals surface area contributed by atoms with Crippen LogP contribution < -0.4 is 0 Å². The zero-order valence-electron chi connectivity index (χ0n) is 12.7. The molecule has 0 bridgehead atoms. The standard InChI is InChI=1S/C17H24BrNO2/c1-14-2-4-15(5-3-14)6-7-17(20)19-11-8-16(9-12-19)21-13-10-18/h2-5,16H,6-13H2,1H3. The molecule has 116 valence electrons. The highest BCUT2D eigenvalue weighted by Gasteiger charge is 2.22. The van der Waals surface area contributed by atoms with Gasteiger partial charge >= 0.3 is 0 Å². The van der Waals surface area contributed by atoms with Gasteiger partial charge in [0, 0.05) is 24.8 Å². The third kappa shape index (κ3) is 5.44. The Hall–Kier alpha value is -0.870. The van der Waals surface area contributed by atoms with Gasteiger partial charge in [0.05, 0.1) is 12.7 Å². The van der Waals surface area contributed by atoms with Gasteiger partial charge in [-0.2, -0.15) is 0 Å². The summed E-state index contributed by atoms with van der Waals surface area (Å²) >= 11 is 3.37. The first-order chi connectivity index (χ1) is 10.2. The normalized spacial score (nSPS) is 16.2. The summed E-state index contributed by atoms with van der Waals surface area (Å²) in [5, 5.41) is 0.878. The summed E-state index contributed by atoms with van der Waals surface area (Å²) in [6.07, 6.45) is 3.69. The van der Waals surface area contributed by atoms with Gasteiger partial charge in [0.25, 0.3) is 0 Å². The molecule has 1 aromatic rings. The molecule has 21 heavy (non-hydrogen) atoms. The molecule has 0 aromatic heterocycles. The molecule has 1 aromatic carbocycles. The van der Waals surface area contributed by atoms with Gasteiger partial charge in [-0.15, -0.1) is 0 Å². The van der Waals surface area contributed by atoms with E-state index in [0.29, 0.717) is 12.5 Å². The number of nitrogens with zero attached hydrogens (tertiary/aromatic N) is 1. The van der Waals surface area contributed by atoms with Crippen LogP contribution in [0.5, 0.6) is 0 Å². The summed E-state index contributed by atoms with van der Waals surface area (Å²) in [6, 6.07) is 8.44. The lowest BCUT2D eigenvalue weighted by molar-refractivity contribution is -0.133. The summed E-state index contributed by atoms with van der Waals surface area (Å²) in [7, 11) is 0. The number of piperidine rings is 1. The van der Waals surface area contributed by atoms with Crippen molar-refractivity contribution in [2.45, 2.75) is 38.7 Å². The van der Waals surface area contributed by atoms with Crippen LogP contribution in [0, 0.1) is 6.92 Å². The maximum absolute atomic E-state index is 12.2. The van der Waals surface area contributed by atoms with Crippen LogP contribution in [0.4, 0.5) is 0 Å². The number of halogens is 1. The van der Waals surface area contributed by atoms with Crippen molar-refractivity contribution in [3.05, 3.63) is 35.4 Å². The van der Waals surface area contributed by atoms with E-state index in [1.807, 2.05) is 4.90 Å². The molecular weight excluding hydrogens is 330 g/mol. The number of amides is 1. The lowest BCUT2D eigenvalue weighted by atomic mass is 10.0. The van der Waals surface area contributed by atoms with Crippen LogP contribution in [0.3, 0.4) is 0 Å². The fraction of sp³-hybridized carbons (Fsp3) is 0.588. The summed E-state index contributed by atoms with van der Waals surface area (Å²) in [5.74, 6) is 0.273. The van der Waals surface area contributed by atoms with E-state index in [2.05, 4.69) is 47.1 Å².